The Balaban J connectivity index is 1.51. The normalized spacial score (nSPS) is 24.1. The number of amides is 1. The van der Waals surface area contributed by atoms with E-state index < -0.39 is 11.2 Å². The van der Waals surface area contributed by atoms with Crippen molar-refractivity contribution in [1.29, 1.82) is 0 Å². The zero-order valence-electron chi connectivity index (χ0n) is 19.0. The highest BCUT2D eigenvalue weighted by molar-refractivity contribution is 5.70. The molecule has 1 atom stereocenters. The predicted octanol–water partition coefficient (Wildman–Crippen LogP) is 4.66. The molecule has 1 aromatic carbocycles. The van der Waals surface area contributed by atoms with Crippen molar-refractivity contribution in [3.05, 3.63) is 29.8 Å². The highest BCUT2D eigenvalue weighted by Crippen LogP contribution is 2.38. The second-order valence-electron chi connectivity index (χ2n) is 9.72. The fourth-order valence-corrected chi connectivity index (χ4v) is 4.48. The molecular weight excluding hydrogens is 396 g/mol. The van der Waals surface area contributed by atoms with E-state index in [0.29, 0.717) is 13.1 Å². The van der Waals surface area contributed by atoms with Crippen LogP contribution in [0.15, 0.2) is 24.3 Å². The van der Waals surface area contributed by atoms with Gasteiger partial charge in [0.1, 0.15) is 11.2 Å². The van der Waals surface area contributed by atoms with Gasteiger partial charge in [0.05, 0.1) is 25.5 Å². The van der Waals surface area contributed by atoms with E-state index in [-0.39, 0.29) is 12.2 Å². The molecule has 1 saturated heterocycles. The highest BCUT2D eigenvalue weighted by Gasteiger charge is 2.42. The molecule has 1 N–H and O–H groups in total. The van der Waals surface area contributed by atoms with Gasteiger partial charge in [0.15, 0.2) is 11.5 Å². The molecule has 1 unspecified atom stereocenters. The Hall–Kier alpha value is -2.41. The van der Waals surface area contributed by atoms with Gasteiger partial charge in [0, 0.05) is 12.1 Å². The number of hydroxylamine groups is 1. The summed E-state index contributed by atoms with van der Waals surface area (Å²) in [5.41, 5.74) is 3.86. The molecule has 1 saturated carbocycles. The minimum absolute atomic E-state index is 0.248. The number of benzene rings is 1. The molecule has 0 radical (unpaired) electrons. The summed E-state index contributed by atoms with van der Waals surface area (Å²) in [5.74, 6) is 1.49. The average Bonchev–Trinajstić information content (AvgIpc) is 3.37. The van der Waals surface area contributed by atoms with E-state index in [2.05, 4.69) is 11.6 Å². The average molecular weight is 431 g/mol. The van der Waals surface area contributed by atoms with Gasteiger partial charge in [0.2, 0.25) is 0 Å². The van der Waals surface area contributed by atoms with E-state index in [1.54, 1.807) is 12.0 Å². The van der Waals surface area contributed by atoms with Crippen LogP contribution in [0.25, 0.3) is 5.70 Å². The van der Waals surface area contributed by atoms with Crippen molar-refractivity contribution >= 4 is 11.8 Å². The molecule has 170 valence electrons. The minimum atomic E-state index is -0.559. The molecule has 2 aliphatic heterocycles. The van der Waals surface area contributed by atoms with Gasteiger partial charge in [-0.1, -0.05) is 0 Å². The van der Waals surface area contributed by atoms with Crippen LogP contribution in [0.4, 0.5) is 4.79 Å². The van der Waals surface area contributed by atoms with Crippen LogP contribution in [-0.4, -0.2) is 48.5 Å². The van der Waals surface area contributed by atoms with Gasteiger partial charge in [-0.3, -0.25) is 10.3 Å². The van der Waals surface area contributed by atoms with Gasteiger partial charge >= 0.3 is 6.09 Å². The van der Waals surface area contributed by atoms with Gasteiger partial charge in [-0.2, -0.15) is 0 Å². The lowest BCUT2D eigenvalue weighted by Gasteiger charge is -2.38. The van der Waals surface area contributed by atoms with Crippen LogP contribution in [0.2, 0.25) is 0 Å². The van der Waals surface area contributed by atoms with E-state index in [1.807, 2.05) is 39.0 Å². The monoisotopic (exact) mass is 430 g/mol. The van der Waals surface area contributed by atoms with E-state index in [4.69, 9.17) is 19.0 Å². The molecular formula is C24H34N2O5. The first-order valence-electron chi connectivity index (χ1n) is 11.3. The Kier molecular flexibility index (Phi) is 6.06. The first kappa shape index (κ1) is 21.8. The number of methoxy groups -OCH3 is 1. The van der Waals surface area contributed by atoms with Crippen molar-refractivity contribution in [2.45, 2.75) is 76.6 Å². The number of likely N-dealkylation sites (tertiary alicyclic amines) is 1. The van der Waals surface area contributed by atoms with Gasteiger partial charge < -0.3 is 19.1 Å². The van der Waals surface area contributed by atoms with Crippen LogP contribution in [0.5, 0.6) is 11.5 Å². The summed E-state index contributed by atoms with van der Waals surface area (Å²) in [7, 11) is 1.66. The maximum Gasteiger partial charge on any atom is 0.410 e. The summed E-state index contributed by atoms with van der Waals surface area (Å²) >= 11 is 0. The molecule has 3 aliphatic rings. The molecule has 2 fully saturated rings. The number of nitrogens with zero attached hydrogens (tertiary/aromatic N) is 1. The van der Waals surface area contributed by atoms with Crippen LogP contribution >= 0.6 is 0 Å². The number of carbonyl (C=O) groups excluding carboxylic acids is 1. The second kappa shape index (κ2) is 8.61. The maximum atomic E-state index is 12.6. The third-order valence-electron chi connectivity index (χ3n) is 5.98. The van der Waals surface area contributed by atoms with Gasteiger partial charge in [-0.25, -0.2) is 4.79 Å². The Morgan fingerprint density at radius 3 is 2.68 bits per heavy atom. The fourth-order valence-electron chi connectivity index (χ4n) is 4.48. The van der Waals surface area contributed by atoms with Crippen molar-refractivity contribution in [2.75, 3.05) is 20.2 Å². The van der Waals surface area contributed by atoms with Crippen molar-refractivity contribution in [2.24, 2.45) is 0 Å². The number of piperidine rings is 1. The fraction of sp³-hybridized carbons (Fsp3) is 0.625. The molecule has 2 heterocycles. The van der Waals surface area contributed by atoms with Crippen molar-refractivity contribution in [3.8, 4) is 11.5 Å². The van der Waals surface area contributed by atoms with Gasteiger partial charge in [-0.15, -0.1) is 0 Å². The number of carbonyl (C=O) groups is 1. The predicted molar refractivity (Wildman–Crippen MR) is 118 cm³/mol. The standard InChI is InChI=1S/C24H34N2O5/c1-23(2,3)30-22(27)26-13-7-12-24(16-26)15-19(25-31-24)17-10-11-20(28-4)21(14-17)29-18-8-5-6-9-18/h10-11,14-15,18,25H,5-9,12-13,16H2,1-4H3. The largest absolute Gasteiger partial charge is 0.493 e. The molecule has 7 heteroatoms. The Labute approximate surface area is 184 Å². The lowest BCUT2D eigenvalue weighted by molar-refractivity contribution is -0.0776. The van der Waals surface area contributed by atoms with E-state index in [1.165, 1.54) is 12.8 Å². The van der Waals surface area contributed by atoms with E-state index in [9.17, 15) is 4.79 Å². The van der Waals surface area contributed by atoms with Crippen molar-refractivity contribution < 1.29 is 23.8 Å². The number of rotatable bonds is 4. The molecule has 4 rings (SSSR count). The van der Waals surface area contributed by atoms with Crippen LogP contribution in [0, 0.1) is 0 Å². The molecule has 1 aromatic rings. The lowest BCUT2D eigenvalue weighted by atomic mass is 9.91. The smallest absolute Gasteiger partial charge is 0.410 e. The van der Waals surface area contributed by atoms with Crippen molar-refractivity contribution in [3.63, 3.8) is 0 Å². The van der Waals surface area contributed by atoms with Crippen LogP contribution in [-0.2, 0) is 9.57 Å². The Morgan fingerprint density at radius 1 is 1.19 bits per heavy atom. The zero-order valence-corrected chi connectivity index (χ0v) is 19.0. The molecule has 0 aromatic heterocycles. The third-order valence-corrected chi connectivity index (χ3v) is 5.98. The van der Waals surface area contributed by atoms with Gasteiger partial charge in [-0.05, 0) is 83.6 Å². The number of ether oxygens (including phenoxy) is 3. The summed E-state index contributed by atoms with van der Waals surface area (Å²) in [6, 6.07) is 5.93. The molecule has 1 spiro atoms. The summed E-state index contributed by atoms with van der Waals surface area (Å²) in [6.45, 7) is 6.77. The molecule has 7 nitrogen and oxygen atoms in total. The SMILES string of the molecule is COc1ccc(C2=CC3(CCCN(C(=O)OC(C)(C)C)C3)ON2)cc1OC1CCCC1. The Morgan fingerprint density at radius 2 is 1.97 bits per heavy atom. The summed E-state index contributed by atoms with van der Waals surface area (Å²) in [5, 5.41) is 0. The van der Waals surface area contributed by atoms with Crippen LogP contribution in [0.1, 0.15) is 64.9 Å². The highest BCUT2D eigenvalue weighted by atomic mass is 16.7. The van der Waals surface area contributed by atoms with Crippen LogP contribution < -0.4 is 15.0 Å². The summed E-state index contributed by atoms with van der Waals surface area (Å²) < 4.78 is 17.3. The van der Waals surface area contributed by atoms with E-state index >= 15 is 0 Å². The minimum Gasteiger partial charge on any atom is -0.493 e. The maximum absolute atomic E-state index is 12.6. The zero-order chi connectivity index (χ0) is 22.1. The lowest BCUT2D eigenvalue weighted by Crippen LogP contribution is -2.51. The number of nitrogens with one attached hydrogen (secondary N) is 1. The van der Waals surface area contributed by atoms with Crippen molar-refractivity contribution in [1.82, 2.24) is 10.4 Å². The molecule has 0 bridgehead atoms. The number of hydrogen-bond acceptors (Lipinski definition) is 6. The van der Waals surface area contributed by atoms with E-state index in [0.717, 1.165) is 48.4 Å². The first-order chi connectivity index (χ1) is 14.8. The quantitative estimate of drug-likeness (QED) is 0.749. The van der Waals surface area contributed by atoms with Gasteiger partial charge in [0.25, 0.3) is 0 Å². The molecule has 31 heavy (non-hydrogen) atoms. The first-order valence-corrected chi connectivity index (χ1v) is 11.3. The van der Waals surface area contributed by atoms with Crippen LogP contribution in [0.3, 0.4) is 0 Å². The Bertz CT molecular complexity index is 841. The number of hydrogen-bond donors (Lipinski definition) is 1. The summed E-state index contributed by atoms with van der Waals surface area (Å²) in [4.78, 5) is 20.3. The third kappa shape index (κ3) is 5.09. The molecule has 1 amide bonds. The summed E-state index contributed by atoms with van der Waals surface area (Å²) in [6.07, 6.45) is 8.32. The topological polar surface area (TPSA) is 69.3 Å². The molecule has 1 aliphatic carbocycles. The second-order valence-corrected chi connectivity index (χ2v) is 9.72.